The molecule has 0 aliphatic carbocycles. The Balaban J connectivity index is 1.68. The van der Waals surface area contributed by atoms with E-state index in [-0.39, 0.29) is 12.5 Å². The average molecular weight is 439 g/mol. The molecule has 1 fully saturated rings. The van der Waals surface area contributed by atoms with Crippen LogP contribution in [0.4, 0.5) is 5.69 Å². The summed E-state index contributed by atoms with van der Waals surface area (Å²) >= 11 is 3.39. The number of carbonyl (C=O) groups is 3. The Bertz CT molecular complexity index is 749. The van der Waals surface area contributed by atoms with Crippen LogP contribution in [0.15, 0.2) is 22.7 Å². The van der Waals surface area contributed by atoms with Gasteiger partial charge in [0.25, 0.3) is 5.91 Å². The predicted octanol–water partition coefficient (Wildman–Crippen LogP) is 0.109. The van der Waals surface area contributed by atoms with E-state index in [9.17, 15) is 14.4 Å². The number of nitrogens with zero attached hydrogens (tertiary/aromatic N) is 3. The number of rotatable bonds is 4. The number of β-amino-alcohol motifs (C(OH)–C–C–N with tert-alkyl or cyclic N) is 1. The molecule has 0 unspecified atom stereocenters. The minimum Gasteiger partial charge on any atom is -0.395 e. The number of fused-ring (bicyclic) bond motifs is 1. The molecule has 1 saturated heterocycles. The molecule has 0 spiro atoms. The third-order valence-electron chi connectivity index (χ3n) is 4.97. The maximum Gasteiger partial charge on any atom is 0.311 e. The summed E-state index contributed by atoms with van der Waals surface area (Å²) in [6.45, 7) is 5.06. The van der Waals surface area contributed by atoms with E-state index in [1.54, 1.807) is 11.0 Å². The topological polar surface area (TPSA) is 93.2 Å². The van der Waals surface area contributed by atoms with Crippen molar-refractivity contribution in [1.29, 1.82) is 0 Å². The van der Waals surface area contributed by atoms with Crippen LogP contribution in [0.3, 0.4) is 0 Å². The van der Waals surface area contributed by atoms with Crippen molar-refractivity contribution in [2.45, 2.75) is 13.0 Å². The molecule has 146 valence electrons. The van der Waals surface area contributed by atoms with Crippen LogP contribution >= 0.6 is 15.9 Å². The zero-order chi connectivity index (χ0) is 19.6. The van der Waals surface area contributed by atoms with Crippen molar-refractivity contribution in [1.82, 2.24) is 15.1 Å². The lowest BCUT2D eigenvalue weighted by atomic mass is 10.1. The van der Waals surface area contributed by atoms with Crippen molar-refractivity contribution >= 4 is 39.3 Å². The number of amides is 3. The fourth-order valence-corrected chi connectivity index (χ4v) is 3.91. The molecule has 3 amide bonds. The van der Waals surface area contributed by atoms with Crippen molar-refractivity contribution < 1.29 is 19.5 Å². The fraction of sp³-hybridized carbons (Fsp3) is 0.500. The molecule has 2 aliphatic heterocycles. The molecule has 1 aromatic carbocycles. The predicted molar refractivity (Wildman–Crippen MR) is 103 cm³/mol. The third kappa shape index (κ3) is 3.99. The van der Waals surface area contributed by atoms with E-state index in [0.29, 0.717) is 44.8 Å². The summed E-state index contributed by atoms with van der Waals surface area (Å²) in [6.07, 6.45) is 0. The van der Waals surface area contributed by atoms with Gasteiger partial charge < -0.3 is 20.2 Å². The summed E-state index contributed by atoms with van der Waals surface area (Å²) in [5.74, 6) is -1.63. The zero-order valence-corrected chi connectivity index (χ0v) is 16.7. The second-order valence-corrected chi connectivity index (χ2v) is 7.47. The number of carbonyl (C=O) groups excluding carboxylic acids is 3. The van der Waals surface area contributed by atoms with Crippen molar-refractivity contribution in [3.05, 3.63) is 28.2 Å². The van der Waals surface area contributed by atoms with E-state index in [4.69, 9.17) is 5.11 Å². The lowest BCUT2D eigenvalue weighted by Gasteiger charge is -2.34. The average Bonchev–Trinajstić information content (AvgIpc) is 2.92. The van der Waals surface area contributed by atoms with Crippen molar-refractivity contribution in [2.24, 2.45) is 0 Å². The van der Waals surface area contributed by atoms with E-state index >= 15 is 0 Å². The SMILES string of the molecule is CCN1C(=O)[C@@H](NC(=O)C(=O)N2CCN(CCO)CC2)c2cc(Br)ccc21. The molecule has 2 N–H and O–H groups in total. The van der Waals surface area contributed by atoms with Gasteiger partial charge in [-0.05, 0) is 25.1 Å². The number of aliphatic hydroxyl groups is 1. The first-order valence-corrected chi connectivity index (χ1v) is 9.79. The maximum atomic E-state index is 12.7. The van der Waals surface area contributed by atoms with Crippen molar-refractivity contribution in [3.8, 4) is 0 Å². The summed E-state index contributed by atoms with van der Waals surface area (Å²) in [7, 11) is 0. The normalized spacial score (nSPS) is 20.0. The zero-order valence-electron chi connectivity index (χ0n) is 15.2. The fourth-order valence-electron chi connectivity index (χ4n) is 3.53. The summed E-state index contributed by atoms with van der Waals surface area (Å²) in [5, 5.41) is 11.6. The Morgan fingerprint density at radius 1 is 1.26 bits per heavy atom. The van der Waals surface area contributed by atoms with Gasteiger partial charge >= 0.3 is 11.8 Å². The largest absolute Gasteiger partial charge is 0.395 e. The van der Waals surface area contributed by atoms with Gasteiger partial charge in [0.2, 0.25) is 0 Å². The molecule has 27 heavy (non-hydrogen) atoms. The number of hydrogen-bond acceptors (Lipinski definition) is 5. The molecule has 9 heteroatoms. The molecule has 2 aliphatic rings. The number of halogens is 1. The van der Waals surface area contributed by atoms with Crippen molar-refractivity contribution in [3.63, 3.8) is 0 Å². The molecular weight excluding hydrogens is 416 g/mol. The van der Waals surface area contributed by atoms with Gasteiger partial charge in [-0.1, -0.05) is 15.9 Å². The van der Waals surface area contributed by atoms with Crippen LogP contribution in [0.25, 0.3) is 0 Å². The van der Waals surface area contributed by atoms with E-state index in [1.165, 1.54) is 4.90 Å². The number of aliphatic hydroxyl groups excluding tert-OH is 1. The molecule has 3 rings (SSSR count). The molecule has 0 radical (unpaired) electrons. The van der Waals surface area contributed by atoms with E-state index in [2.05, 4.69) is 21.2 Å². The van der Waals surface area contributed by atoms with Gasteiger partial charge in [0.15, 0.2) is 0 Å². The number of piperazine rings is 1. The molecule has 0 aromatic heterocycles. The maximum absolute atomic E-state index is 12.7. The summed E-state index contributed by atoms with van der Waals surface area (Å²) in [4.78, 5) is 42.8. The Morgan fingerprint density at radius 2 is 1.96 bits per heavy atom. The Morgan fingerprint density at radius 3 is 2.59 bits per heavy atom. The summed E-state index contributed by atoms with van der Waals surface area (Å²) in [6, 6.07) is 4.61. The first kappa shape index (κ1) is 19.8. The first-order chi connectivity index (χ1) is 13.0. The molecule has 2 heterocycles. The standard InChI is InChI=1S/C18H23BrN4O4/c1-2-23-14-4-3-12(19)11-13(14)15(17(23)26)20-16(25)18(27)22-7-5-21(6-8-22)9-10-24/h3-4,11,15,24H,2,5-10H2,1H3,(H,20,25)/t15-/m0/s1. The Hall–Kier alpha value is -1.97. The molecule has 8 nitrogen and oxygen atoms in total. The summed E-state index contributed by atoms with van der Waals surface area (Å²) < 4.78 is 0.803. The highest BCUT2D eigenvalue weighted by Crippen LogP contribution is 2.37. The van der Waals surface area contributed by atoms with Crippen LogP contribution in [0.2, 0.25) is 0 Å². The van der Waals surface area contributed by atoms with E-state index in [1.807, 2.05) is 24.0 Å². The van der Waals surface area contributed by atoms with Gasteiger partial charge in [-0.25, -0.2) is 0 Å². The second kappa shape index (κ2) is 8.37. The molecule has 0 saturated carbocycles. The van der Waals surface area contributed by atoms with Crippen LogP contribution in [0.5, 0.6) is 0 Å². The number of likely N-dealkylation sites (N-methyl/N-ethyl adjacent to an activating group) is 1. The van der Waals surface area contributed by atoms with Gasteiger partial charge in [-0.15, -0.1) is 0 Å². The number of nitrogens with one attached hydrogen (secondary N) is 1. The second-order valence-electron chi connectivity index (χ2n) is 6.55. The van der Waals surface area contributed by atoms with Gasteiger partial charge in [-0.2, -0.15) is 0 Å². The minimum atomic E-state index is -0.857. The number of benzene rings is 1. The molecule has 0 bridgehead atoms. The molecule has 1 aromatic rings. The highest BCUT2D eigenvalue weighted by Gasteiger charge is 2.39. The van der Waals surface area contributed by atoms with Crippen LogP contribution in [-0.2, 0) is 14.4 Å². The van der Waals surface area contributed by atoms with Gasteiger partial charge in [0.1, 0.15) is 6.04 Å². The lowest BCUT2D eigenvalue weighted by Crippen LogP contribution is -2.53. The van der Waals surface area contributed by atoms with E-state index in [0.717, 1.165) is 10.2 Å². The molecular formula is C18H23BrN4O4. The van der Waals surface area contributed by atoms with Gasteiger partial charge in [-0.3, -0.25) is 19.3 Å². The highest BCUT2D eigenvalue weighted by molar-refractivity contribution is 9.10. The monoisotopic (exact) mass is 438 g/mol. The number of anilines is 1. The third-order valence-corrected chi connectivity index (χ3v) is 5.46. The highest BCUT2D eigenvalue weighted by atomic mass is 79.9. The Labute approximate surface area is 166 Å². The van der Waals surface area contributed by atoms with E-state index < -0.39 is 17.9 Å². The lowest BCUT2D eigenvalue weighted by molar-refractivity contribution is -0.147. The summed E-state index contributed by atoms with van der Waals surface area (Å²) in [5.41, 5.74) is 1.44. The Kier molecular flexibility index (Phi) is 6.13. The quantitative estimate of drug-likeness (QED) is 0.650. The van der Waals surface area contributed by atoms with Crippen LogP contribution in [-0.4, -0.2) is 78.5 Å². The van der Waals surface area contributed by atoms with Crippen LogP contribution < -0.4 is 10.2 Å². The van der Waals surface area contributed by atoms with Crippen LogP contribution in [0.1, 0.15) is 18.5 Å². The first-order valence-electron chi connectivity index (χ1n) is 9.00. The van der Waals surface area contributed by atoms with Gasteiger partial charge in [0, 0.05) is 55.0 Å². The van der Waals surface area contributed by atoms with Crippen LogP contribution in [0, 0.1) is 0 Å². The molecule has 1 atom stereocenters. The van der Waals surface area contributed by atoms with Gasteiger partial charge in [0.05, 0.1) is 6.61 Å². The number of hydrogen-bond donors (Lipinski definition) is 2. The minimum absolute atomic E-state index is 0.0706. The van der Waals surface area contributed by atoms with Crippen molar-refractivity contribution in [2.75, 3.05) is 50.8 Å². The smallest absolute Gasteiger partial charge is 0.311 e.